The van der Waals surface area contributed by atoms with E-state index in [4.69, 9.17) is 9.72 Å². The quantitative estimate of drug-likeness (QED) is 0.813. The average Bonchev–Trinajstić information content (AvgIpc) is 2.79. The van der Waals surface area contributed by atoms with E-state index in [1.54, 1.807) is 12.0 Å². The first-order chi connectivity index (χ1) is 9.38. The van der Waals surface area contributed by atoms with Gasteiger partial charge in [0.05, 0.1) is 18.3 Å². The Balaban J connectivity index is 1.72. The number of fused-ring (bicyclic) bond motifs is 1. The second-order valence-corrected chi connectivity index (χ2v) is 6.86. The zero-order valence-corrected chi connectivity index (χ0v) is 12.6. The molecule has 1 unspecified atom stereocenters. The smallest absolute Gasteiger partial charge is 0.110 e. The normalized spacial score (nSPS) is 20.9. The Kier molecular flexibility index (Phi) is 4.51. The summed E-state index contributed by atoms with van der Waals surface area (Å²) in [6.45, 7) is 1.72. The summed E-state index contributed by atoms with van der Waals surface area (Å²) in [5.74, 6) is 0.796. The fourth-order valence-electron chi connectivity index (χ4n) is 3.05. The SMILES string of the molecule is COCCNC(c1nc2c(s1)CCCC2)C1CCC1. The average molecular weight is 280 g/mol. The van der Waals surface area contributed by atoms with Crippen molar-refractivity contribution in [3.05, 3.63) is 15.6 Å². The van der Waals surface area contributed by atoms with Crippen molar-refractivity contribution in [1.29, 1.82) is 0 Å². The Morgan fingerprint density at radius 2 is 2.16 bits per heavy atom. The third-order valence-corrected chi connectivity index (χ3v) is 5.66. The van der Waals surface area contributed by atoms with Gasteiger partial charge in [-0.15, -0.1) is 11.3 Å². The predicted molar refractivity (Wildman–Crippen MR) is 78.7 cm³/mol. The van der Waals surface area contributed by atoms with Gasteiger partial charge in [0, 0.05) is 18.5 Å². The first-order valence-corrected chi connectivity index (χ1v) is 8.41. The molecular formula is C15H24N2OS. The van der Waals surface area contributed by atoms with Gasteiger partial charge in [0.15, 0.2) is 0 Å². The second-order valence-electron chi connectivity index (χ2n) is 5.74. The number of hydrogen-bond acceptors (Lipinski definition) is 4. The molecule has 0 saturated heterocycles. The maximum absolute atomic E-state index is 5.16. The number of aryl methyl sites for hydroxylation is 2. The predicted octanol–water partition coefficient (Wildman–Crippen LogP) is 3.10. The third-order valence-electron chi connectivity index (χ3n) is 4.42. The van der Waals surface area contributed by atoms with Crippen molar-refractivity contribution in [2.24, 2.45) is 5.92 Å². The van der Waals surface area contributed by atoms with Crippen LogP contribution < -0.4 is 5.32 Å². The van der Waals surface area contributed by atoms with Crippen molar-refractivity contribution in [1.82, 2.24) is 10.3 Å². The number of ether oxygens (including phenoxy) is 1. The highest BCUT2D eigenvalue weighted by Gasteiger charge is 2.31. The molecule has 0 bridgehead atoms. The summed E-state index contributed by atoms with van der Waals surface area (Å²) < 4.78 is 5.16. The second kappa shape index (κ2) is 6.33. The van der Waals surface area contributed by atoms with Crippen molar-refractivity contribution in [3.63, 3.8) is 0 Å². The van der Waals surface area contributed by atoms with Crippen molar-refractivity contribution in [2.75, 3.05) is 20.3 Å². The van der Waals surface area contributed by atoms with E-state index in [2.05, 4.69) is 5.32 Å². The zero-order chi connectivity index (χ0) is 13.1. The highest BCUT2D eigenvalue weighted by molar-refractivity contribution is 7.11. The number of nitrogens with zero attached hydrogens (tertiary/aromatic N) is 1. The van der Waals surface area contributed by atoms with Gasteiger partial charge < -0.3 is 10.1 Å². The molecule has 0 radical (unpaired) electrons. The summed E-state index contributed by atoms with van der Waals surface area (Å²) in [5.41, 5.74) is 1.39. The van der Waals surface area contributed by atoms with Crippen molar-refractivity contribution in [2.45, 2.75) is 51.0 Å². The van der Waals surface area contributed by atoms with Crippen LogP contribution in [0, 0.1) is 5.92 Å². The van der Waals surface area contributed by atoms with Crippen molar-refractivity contribution in [3.8, 4) is 0 Å². The van der Waals surface area contributed by atoms with Gasteiger partial charge in [0.2, 0.25) is 0 Å². The molecule has 1 aromatic heterocycles. The van der Waals surface area contributed by atoms with E-state index < -0.39 is 0 Å². The molecule has 3 nitrogen and oxygen atoms in total. The molecule has 1 aromatic rings. The Morgan fingerprint density at radius 3 is 2.84 bits per heavy atom. The van der Waals surface area contributed by atoms with Gasteiger partial charge >= 0.3 is 0 Å². The van der Waals surface area contributed by atoms with Crippen molar-refractivity contribution >= 4 is 11.3 Å². The molecule has 1 heterocycles. The molecule has 19 heavy (non-hydrogen) atoms. The first kappa shape index (κ1) is 13.5. The molecule has 0 aliphatic heterocycles. The monoisotopic (exact) mass is 280 g/mol. The van der Waals surface area contributed by atoms with Gasteiger partial charge in [0.1, 0.15) is 5.01 Å². The summed E-state index contributed by atoms with van der Waals surface area (Å²) in [7, 11) is 1.77. The number of aromatic nitrogens is 1. The summed E-state index contributed by atoms with van der Waals surface area (Å²) in [5, 5.41) is 5.01. The highest BCUT2D eigenvalue weighted by Crippen LogP contribution is 2.40. The number of rotatable bonds is 6. The van der Waals surface area contributed by atoms with Gasteiger partial charge in [-0.2, -0.15) is 0 Å². The zero-order valence-electron chi connectivity index (χ0n) is 11.8. The van der Waals surface area contributed by atoms with Gasteiger partial charge in [-0.1, -0.05) is 6.42 Å². The molecule has 0 aromatic carbocycles. The van der Waals surface area contributed by atoms with E-state index in [0.717, 1.165) is 19.1 Å². The van der Waals surface area contributed by atoms with Gasteiger partial charge in [-0.3, -0.25) is 0 Å². The Labute approximate surface area is 119 Å². The Bertz CT molecular complexity index is 391. The van der Waals surface area contributed by atoms with Crippen LogP contribution in [0.4, 0.5) is 0 Å². The van der Waals surface area contributed by atoms with E-state index in [0.29, 0.717) is 6.04 Å². The number of thiazole rings is 1. The number of hydrogen-bond donors (Lipinski definition) is 1. The maximum Gasteiger partial charge on any atom is 0.110 e. The van der Waals surface area contributed by atoms with Gasteiger partial charge in [-0.25, -0.2) is 4.98 Å². The third kappa shape index (κ3) is 3.01. The summed E-state index contributed by atoms with van der Waals surface area (Å²) in [4.78, 5) is 6.50. The van der Waals surface area contributed by atoms with Crippen LogP contribution in [-0.2, 0) is 17.6 Å². The molecular weight excluding hydrogens is 256 g/mol. The molecule has 4 heteroatoms. The fourth-order valence-corrected chi connectivity index (χ4v) is 4.37. The van der Waals surface area contributed by atoms with Crippen LogP contribution in [0.15, 0.2) is 0 Å². The van der Waals surface area contributed by atoms with Crippen LogP contribution in [0.5, 0.6) is 0 Å². The lowest BCUT2D eigenvalue weighted by atomic mass is 9.80. The molecule has 106 valence electrons. The lowest BCUT2D eigenvalue weighted by molar-refractivity contribution is 0.176. The fraction of sp³-hybridized carbons (Fsp3) is 0.800. The van der Waals surface area contributed by atoms with Crippen LogP contribution in [-0.4, -0.2) is 25.2 Å². The summed E-state index contributed by atoms with van der Waals surface area (Å²) in [6.07, 6.45) is 9.22. The number of nitrogens with one attached hydrogen (secondary N) is 1. The number of methoxy groups -OCH3 is 1. The van der Waals surface area contributed by atoms with Crippen LogP contribution in [0.1, 0.15) is 53.7 Å². The van der Waals surface area contributed by atoms with Gasteiger partial charge in [0.25, 0.3) is 0 Å². The topological polar surface area (TPSA) is 34.1 Å². The Morgan fingerprint density at radius 1 is 1.32 bits per heavy atom. The van der Waals surface area contributed by atoms with Crippen LogP contribution in [0.25, 0.3) is 0 Å². The molecule has 2 aliphatic rings. The van der Waals surface area contributed by atoms with Crippen LogP contribution in [0.2, 0.25) is 0 Å². The Hall–Kier alpha value is -0.450. The molecule has 1 atom stereocenters. The minimum atomic E-state index is 0.472. The first-order valence-electron chi connectivity index (χ1n) is 7.59. The van der Waals surface area contributed by atoms with Crippen LogP contribution >= 0.6 is 11.3 Å². The van der Waals surface area contributed by atoms with E-state index in [1.165, 1.54) is 55.6 Å². The molecule has 1 fully saturated rings. The summed E-state index contributed by atoms with van der Waals surface area (Å²) >= 11 is 1.96. The molecule has 0 spiro atoms. The lowest BCUT2D eigenvalue weighted by Gasteiger charge is -2.33. The lowest BCUT2D eigenvalue weighted by Crippen LogP contribution is -2.34. The minimum Gasteiger partial charge on any atom is -0.383 e. The van der Waals surface area contributed by atoms with E-state index >= 15 is 0 Å². The van der Waals surface area contributed by atoms with Crippen molar-refractivity contribution < 1.29 is 4.74 Å². The molecule has 0 amide bonds. The summed E-state index contributed by atoms with van der Waals surface area (Å²) in [6, 6.07) is 0.472. The largest absolute Gasteiger partial charge is 0.383 e. The molecule has 2 aliphatic carbocycles. The van der Waals surface area contributed by atoms with Gasteiger partial charge in [-0.05, 0) is 44.4 Å². The maximum atomic E-state index is 5.16. The molecule has 3 rings (SSSR count). The molecule has 1 N–H and O–H groups in total. The van der Waals surface area contributed by atoms with Crippen LogP contribution in [0.3, 0.4) is 0 Å². The van der Waals surface area contributed by atoms with E-state index in [1.807, 2.05) is 11.3 Å². The minimum absolute atomic E-state index is 0.472. The molecule has 1 saturated carbocycles. The van der Waals surface area contributed by atoms with E-state index in [9.17, 15) is 0 Å². The van der Waals surface area contributed by atoms with E-state index in [-0.39, 0.29) is 0 Å². The highest BCUT2D eigenvalue weighted by atomic mass is 32.1. The standard InChI is InChI=1S/C15H24N2OS/c1-18-10-9-16-14(11-5-4-6-11)15-17-12-7-2-3-8-13(12)19-15/h11,14,16H,2-10H2,1H3.